The minimum absolute atomic E-state index is 0.0286. The summed E-state index contributed by atoms with van der Waals surface area (Å²) in [5.74, 6) is -6.96. The van der Waals surface area contributed by atoms with E-state index in [4.69, 9.17) is 0 Å². The number of halogens is 5. The number of hydrogen-bond donors (Lipinski definition) is 2. The predicted octanol–water partition coefficient (Wildman–Crippen LogP) is 7.44. The fourth-order valence-corrected chi connectivity index (χ4v) is 8.46. The number of nitrogens with one attached hydrogen (secondary N) is 1. The Hall–Kier alpha value is -3.33. The van der Waals surface area contributed by atoms with Crippen LogP contribution in [0.25, 0.3) is 0 Å². The van der Waals surface area contributed by atoms with E-state index in [1.54, 1.807) is 30.3 Å². The van der Waals surface area contributed by atoms with E-state index in [0.29, 0.717) is 43.4 Å². The van der Waals surface area contributed by atoms with E-state index >= 15 is 8.78 Å². The molecule has 0 unspecified atom stereocenters. The van der Waals surface area contributed by atoms with Crippen LogP contribution in [-0.2, 0) is 11.3 Å². The Kier molecular flexibility index (Phi) is 7.18. The van der Waals surface area contributed by atoms with Gasteiger partial charge in [0.25, 0.3) is 5.91 Å². The van der Waals surface area contributed by atoms with Gasteiger partial charge in [-0.3, -0.25) is 9.59 Å². The van der Waals surface area contributed by atoms with Crippen molar-refractivity contribution in [3.05, 3.63) is 94.1 Å². The molecule has 4 aliphatic carbocycles. The van der Waals surface area contributed by atoms with Crippen LogP contribution in [-0.4, -0.2) is 34.5 Å². The molecule has 0 bridgehead atoms. The molecular weight excluding hydrogens is 565 g/mol. The van der Waals surface area contributed by atoms with E-state index in [1.807, 2.05) is 30.3 Å². The number of rotatable bonds is 5. The van der Waals surface area contributed by atoms with Crippen molar-refractivity contribution < 1.29 is 36.6 Å². The van der Waals surface area contributed by atoms with Crippen LogP contribution >= 0.6 is 0 Å². The van der Waals surface area contributed by atoms with E-state index in [0.717, 1.165) is 22.3 Å². The van der Waals surface area contributed by atoms with Gasteiger partial charge < -0.3 is 10.4 Å². The van der Waals surface area contributed by atoms with Crippen molar-refractivity contribution >= 4 is 11.7 Å². The smallest absolute Gasteiger partial charge is 0.383 e. The molecule has 2 aromatic carbocycles. The first-order valence-corrected chi connectivity index (χ1v) is 14.8. The minimum atomic E-state index is -5.89. The number of aliphatic hydroxyl groups is 1. The number of carbonyl (C=O) groups excluding carboxylic acids is 2. The molecule has 6 rings (SSSR count). The lowest BCUT2D eigenvalue weighted by Crippen LogP contribution is -2.65. The molecule has 0 aromatic heterocycles. The van der Waals surface area contributed by atoms with Gasteiger partial charge in [-0.15, -0.1) is 0 Å². The van der Waals surface area contributed by atoms with Crippen molar-refractivity contribution in [3.63, 3.8) is 0 Å². The molecule has 2 N–H and O–H groups in total. The summed E-state index contributed by atoms with van der Waals surface area (Å²) in [7, 11) is 0. The molecule has 9 heteroatoms. The van der Waals surface area contributed by atoms with E-state index < -0.39 is 41.4 Å². The molecule has 5 atom stereocenters. The Balaban J connectivity index is 1.38. The predicted molar refractivity (Wildman–Crippen MR) is 150 cm³/mol. The van der Waals surface area contributed by atoms with Gasteiger partial charge in [-0.05, 0) is 90.8 Å². The van der Waals surface area contributed by atoms with Gasteiger partial charge in [-0.2, -0.15) is 22.0 Å². The molecule has 0 spiro atoms. The summed E-state index contributed by atoms with van der Waals surface area (Å²) in [5.41, 5.74) is -0.0443. The van der Waals surface area contributed by atoms with Crippen LogP contribution in [0.15, 0.2) is 77.4 Å². The maximum atomic E-state index is 15.2. The van der Waals surface area contributed by atoms with Crippen LogP contribution in [0.4, 0.5) is 22.0 Å². The van der Waals surface area contributed by atoms with E-state index in [2.05, 4.69) is 5.32 Å². The quantitative estimate of drug-likeness (QED) is 0.351. The van der Waals surface area contributed by atoms with Crippen molar-refractivity contribution in [2.75, 3.05) is 0 Å². The third kappa shape index (κ3) is 4.66. The number of amides is 1. The number of fused-ring (bicyclic) bond motifs is 4. The fraction of sp³-hybridized carbons (Fsp3) is 0.471. The van der Waals surface area contributed by atoms with E-state index in [-0.39, 0.29) is 30.4 Å². The highest BCUT2D eigenvalue weighted by molar-refractivity contribution is 5.94. The number of ketones is 1. The Labute approximate surface area is 247 Å². The second-order valence-electron chi connectivity index (χ2n) is 12.8. The first-order chi connectivity index (χ1) is 20.3. The maximum Gasteiger partial charge on any atom is 0.456 e. The average Bonchev–Trinajstić information content (AvgIpc) is 3.26. The van der Waals surface area contributed by atoms with Crippen molar-refractivity contribution in [1.82, 2.24) is 5.32 Å². The molecule has 2 aromatic rings. The molecule has 4 aliphatic rings. The molecular formula is C34H34F5NO3. The van der Waals surface area contributed by atoms with Crippen LogP contribution in [0.1, 0.15) is 79.3 Å². The molecule has 4 nitrogen and oxygen atoms in total. The Bertz CT molecular complexity index is 1500. The second kappa shape index (κ2) is 10.4. The first kappa shape index (κ1) is 29.7. The van der Waals surface area contributed by atoms with Gasteiger partial charge in [0, 0.05) is 29.9 Å². The van der Waals surface area contributed by atoms with Gasteiger partial charge in [0.2, 0.25) is 0 Å². The number of hydrogen-bond acceptors (Lipinski definition) is 3. The highest BCUT2D eigenvalue weighted by atomic mass is 19.4. The lowest BCUT2D eigenvalue weighted by molar-refractivity contribution is -0.362. The summed E-state index contributed by atoms with van der Waals surface area (Å²) in [6.07, 6.45) is -3.05. The van der Waals surface area contributed by atoms with Crippen LogP contribution in [0, 0.1) is 17.3 Å². The van der Waals surface area contributed by atoms with Gasteiger partial charge in [-0.25, -0.2) is 0 Å². The Morgan fingerprint density at radius 1 is 0.977 bits per heavy atom. The summed E-state index contributed by atoms with van der Waals surface area (Å²) in [4.78, 5) is 25.1. The van der Waals surface area contributed by atoms with Gasteiger partial charge in [-0.1, -0.05) is 55.0 Å². The van der Waals surface area contributed by atoms with Gasteiger partial charge >= 0.3 is 12.1 Å². The van der Waals surface area contributed by atoms with Crippen molar-refractivity contribution in [1.29, 1.82) is 0 Å². The Morgan fingerprint density at radius 3 is 2.35 bits per heavy atom. The second-order valence-corrected chi connectivity index (χ2v) is 12.8. The summed E-state index contributed by atoms with van der Waals surface area (Å²) in [6.45, 7) is 1.74. The van der Waals surface area contributed by atoms with Gasteiger partial charge in [0.1, 0.15) is 5.60 Å². The van der Waals surface area contributed by atoms with E-state index in [9.17, 15) is 27.9 Å². The largest absolute Gasteiger partial charge is 0.456 e. The first-order valence-electron chi connectivity index (χ1n) is 14.8. The number of carbonyl (C=O) groups is 2. The third-order valence-corrected chi connectivity index (χ3v) is 10.6. The summed E-state index contributed by atoms with van der Waals surface area (Å²) in [6, 6.07) is 16.2. The molecule has 0 aliphatic heterocycles. The zero-order valence-corrected chi connectivity index (χ0v) is 23.8. The molecule has 228 valence electrons. The molecule has 2 saturated carbocycles. The maximum absolute atomic E-state index is 15.2. The zero-order valence-electron chi connectivity index (χ0n) is 23.8. The molecule has 0 radical (unpaired) electrons. The Morgan fingerprint density at radius 2 is 1.67 bits per heavy atom. The molecule has 2 fully saturated rings. The number of allylic oxidation sites excluding steroid dienone is 4. The highest BCUT2D eigenvalue weighted by Crippen LogP contribution is 2.70. The normalized spacial score (nSPS) is 30.7. The fourth-order valence-electron chi connectivity index (χ4n) is 8.46. The van der Waals surface area contributed by atoms with Crippen LogP contribution in [0.2, 0.25) is 0 Å². The number of benzene rings is 2. The van der Waals surface area contributed by atoms with Crippen molar-refractivity contribution in [3.8, 4) is 0 Å². The molecule has 0 saturated heterocycles. The van der Waals surface area contributed by atoms with Crippen LogP contribution < -0.4 is 5.32 Å². The highest BCUT2D eigenvalue weighted by Gasteiger charge is 2.79. The zero-order chi connectivity index (χ0) is 30.8. The molecule has 1 amide bonds. The number of alkyl halides is 5. The van der Waals surface area contributed by atoms with Gasteiger partial charge in [0.15, 0.2) is 5.78 Å². The molecule has 0 heterocycles. The summed E-state index contributed by atoms with van der Waals surface area (Å²) in [5, 5.41) is 14.3. The summed E-state index contributed by atoms with van der Waals surface area (Å²) < 4.78 is 71.6. The third-order valence-electron chi connectivity index (χ3n) is 10.6. The lowest BCUT2D eigenvalue weighted by Gasteiger charge is -2.56. The van der Waals surface area contributed by atoms with Crippen molar-refractivity contribution in [2.45, 2.75) is 82.0 Å². The van der Waals surface area contributed by atoms with Crippen LogP contribution in [0.5, 0.6) is 0 Å². The lowest BCUT2D eigenvalue weighted by atomic mass is 9.50. The van der Waals surface area contributed by atoms with Crippen LogP contribution in [0.3, 0.4) is 0 Å². The summed E-state index contributed by atoms with van der Waals surface area (Å²) >= 11 is 0. The topological polar surface area (TPSA) is 66.4 Å². The van der Waals surface area contributed by atoms with Crippen molar-refractivity contribution in [2.24, 2.45) is 17.3 Å². The SMILES string of the molecule is C[C@]12C[C@H](c3ccc(C(=O)NCc4ccccc4)cc3)C3=C4CCC(=O)C=C4CC[C@H]3[C@@H]1CC[C@@]2(O)C(F)(F)C(F)(F)F. The van der Waals surface area contributed by atoms with Gasteiger partial charge in [0.05, 0.1) is 0 Å². The van der Waals surface area contributed by atoms with E-state index in [1.165, 1.54) is 6.92 Å². The monoisotopic (exact) mass is 599 g/mol. The molecule has 43 heavy (non-hydrogen) atoms. The standard InChI is InChI=1S/C34H34F5NO3/c1-31-18-27(21-7-9-22(10-8-21)30(42)40-19-20-5-3-2-4-6-20)29-25-14-12-24(41)17-23(25)11-13-26(29)28(31)15-16-32(31,43)33(35,36)34(37,38)39/h2-10,17,26-28,43H,11-16,18-19H2,1H3,(H,40,42)/t26-,27+,28-,31-,32-/m0/s1. The minimum Gasteiger partial charge on any atom is -0.383 e. The average molecular weight is 600 g/mol.